The maximum Gasteiger partial charge on any atom is 0.0619 e. The van der Waals surface area contributed by atoms with Gasteiger partial charge in [0.1, 0.15) is 0 Å². The molecular weight excluding hydrogens is 773 g/mol. The zero-order valence-electron chi connectivity index (χ0n) is 34.8. The summed E-state index contributed by atoms with van der Waals surface area (Å²) in [6, 6.07) is 85.4. The Morgan fingerprint density at radius 2 is 0.781 bits per heavy atom. The van der Waals surface area contributed by atoms with E-state index in [4.69, 9.17) is 0 Å². The van der Waals surface area contributed by atoms with Crippen molar-refractivity contribution in [2.24, 2.45) is 0 Å². The van der Waals surface area contributed by atoms with Crippen LogP contribution in [0.3, 0.4) is 0 Å². The SMILES string of the molecule is c1ccc(-n2c3ccccc3c3ccc(-c4ccc5c6ccc7ccccc7c6n(-c6cccc(-c7ccccc7-c7ccc8c(c7)-c7cccc9cccc-8c79)c6)c5c4)cc32)cc1. The van der Waals surface area contributed by atoms with Crippen molar-refractivity contribution in [2.75, 3.05) is 0 Å². The first-order valence-corrected chi connectivity index (χ1v) is 22.2. The van der Waals surface area contributed by atoms with Crippen LogP contribution in [0.25, 0.3) is 132 Å². The lowest BCUT2D eigenvalue weighted by Gasteiger charge is -2.15. The average molecular weight is 811 g/mol. The predicted octanol–water partition coefficient (Wildman–Crippen LogP) is 16.8. The van der Waals surface area contributed by atoms with Gasteiger partial charge in [-0.2, -0.15) is 0 Å². The zero-order valence-corrected chi connectivity index (χ0v) is 34.8. The van der Waals surface area contributed by atoms with Crippen LogP contribution in [-0.2, 0) is 0 Å². The topological polar surface area (TPSA) is 9.86 Å². The first kappa shape index (κ1) is 35.2. The fourth-order valence-electron chi connectivity index (χ4n) is 11.0. The highest BCUT2D eigenvalue weighted by molar-refractivity contribution is 6.20. The number of aromatic nitrogens is 2. The Morgan fingerprint density at radius 1 is 0.234 bits per heavy atom. The number of benzene rings is 11. The van der Waals surface area contributed by atoms with E-state index in [1.54, 1.807) is 0 Å². The van der Waals surface area contributed by atoms with Gasteiger partial charge in [-0.1, -0.05) is 182 Å². The fraction of sp³-hybridized carbons (Fsp3) is 0. The Morgan fingerprint density at radius 3 is 1.58 bits per heavy atom. The molecule has 0 unspecified atom stereocenters. The number of hydrogen-bond donors (Lipinski definition) is 0. The van der Waals surface area contributed by atoms with Gasteiger partial charge < -0.3 is 9.13 Å². The van der Waals surface area contributed by atoms with Crippen LogP contribution < -0.4 is 0 Å². The Kier molecular flexibility index (Phi) is 7.43. The Labute approximate surface area is 370 Å². The van der Waals surface area contributed by atoms with Crippen LogP contribution in [0.5, 0.6) is 0 Å². The van der Waals surface area contributed by atoms with E-state index in [2.05, 4.69) is 240 Å². The summed E-state index contributed by atoms with van der Waals surface area (Å²) in [5.41, 5.74) is 19.6. The first-order valence-electron chi connectivity index (χ1n) is 22.2. The summed E-state index contributed by atoms with van der Waals surface area (Å²) in [6.45, 7) is 0. The van der Waals surface area contributed by atoms with E-state index in [0.29, 0.717) is 0 Å². The van der Waals surface area contributed by atoms with Gasteiger partial charge in [-0.25, -0.2) is 0 Å². The minimum atomic E-state index is 1.14. The van der Waals surface area contributed by atoms with E-state index in [0.717, 1.165) is 11.4 Å². The molecule has 0 radical (unpaired) electrons. The van der Waals surface area contributed by atoms with Crippen molar-refractivity contribution in [3.8, 4) is 67.0 Å². The average Bonchev–Trinajstić information content (AvgIpc) is 4.00. The molecule has 1 aliphatic carbocycles. The summed E-state index contributed by atoms with van der Waals surface area (Å²) in [5.74, 6) is 0. The molecule has 0 amide bonds. The summed E-state index contributed by atoms with van der Waals surface area (Å²) in [6.07, 6.45) is 0. The maximum atomic E-state index is 2.51. The van der Waals surface area contributed by atoms with Crippen LogP contribution in [-0.4, -0.2) is 9.13 Å². The standard InChI is InChI=1S/C62H38N2/c1-2-17-45(18-3-1)63-58-26-9-8-23-51(58)52-32-28-41(37-59(52)63)42-29-33-53-56-34-27-39-13-4-5-22-49(39)62(56)64(60(53)38-42)46-19-10-16-43(35-46)47-20-6-7-21-48(47)44-30-31-50-54-24-11-14-40-15-12-25-55(61(40)54)57(50)36-44/h1-38H. The molecule has 1 aliphatic rings. The van der Waals surface area contributed by atoms with Gasteiger partial charge in [0, 0.05) is 38.3 Å². The lowest BCUT2D eigenvalue weighted by Crippen LogP contribution is -1.96. The molecule has 64 heavy (non-hydrogen) atoms. The second-order valence-corrected chi connectivity index (χ2v) is 17.2. The van der Waals surface area contributed by atoms with E-state index >= 15 is 0 Å². The molecule has 0 saturated carbocycles. The number of rotatable bonds is 5. The number of nitrogens with zero attached hydrogens (tertiary/aromatic N) is 2. The smallest absolute Gasteiger partial charge is 0.0619 e. The van der Waals surface area contributed by atoms with Gasteiger partial charge >= 0.3 is 0 Å². The van der Waals surface area contributed by atoms with Gasteiger partial charge in [0.2, 0.25) is 0 Å². The van der Waals surface area contributed by atoms with Crippen molar-refractivity contribution in [3.63, 3.8) is 0 Å². The molecule has 13 aromatic rings. The molecule has 296 valence electrons. The molecule has 0 fully saturated rings. The van der Waals surface area contributed by atoms with Crippen molar-refractivity contribution in [2.45, 2.75) is 0 Å². The molecule has 2 heteroatoms. The molecule has 0 bridgehead atoms. The van der Waals surface area contributed by atoms with Crippen molar-refractivity contribution in [1.29, 1.82) is 0 Å². The molecule has 0 spiro atoms. The zero-order chi connectivity index (χ0) is 41.9. The van der Waals surface area contributed by atoms with Crippen LogP contribution >= 0.6 is 0 Å². The van der Waals surface area contributed by atoms with E-state index < -0.39 is 0 Å². The van der Waals surface area contributed by atoms with Crippen LogP contribution in [0.1, 0.15) is 0 Å². The lowest BCUT2D eigenvalue weighted by molar-refractivity contribution is 1.18. The monoisotopic (exact) mass is 810 g/mol. The molecular formula is C62H38N2. The van der Waals surface area contributed by atoms with Gasteiger partial charge in [-0.15, -0.1) is 0 Å². The molecule has 0 aliphatic heterocycles. The van der Waals surface area contributed by atoms with Crippen LogP contribution in [0.2, 0.25) is 0 Å². The summed E-state index contributed by atoms with van der Waals surface area (Å²) >= 11 is 0. The molecule has 11 aromatic carbocycles. The Hall–Kier alpha value is -8.46. The predicted molar refractivity (Wildman–Crippen MR) is 271 cm³/mol. The third-order valence-electron chi connectivity index (χ3n) is 13.8. The molecule has 0 atom stereocenters. The summed E-state index contributed by atoms with van der Waals surface area (Å²) in [4.78, 5) is 0. The lowest BCUT2D eigenvalue weighted by atomic mass is 9.91. The van der Waals surface area contributed by atoms with Crippen molar-refractivity contribution in [3.05, 3.63) is 231 Å². The van der Waals surface area contributed by atoms with E-state index in [1.165, 1.54) is 121 Å². The molecule has 2 heterocycles. The Balaban J connectivity index is 0.954. The fourth-order valence-corrected chi connectivity index (χ4v) is 11.0. The Bertz CT molecular complexity index is 4060. The largest absolute Gasteiger partial charge is 0.309 e. The van der Waals surface area contributed by atoms with Crippen molar-refractivity contribution < 1.29 is 0 Å². The van der Waals surface area contributed by atoms with Crippen LogP contribution in [0.15, 0.2) is 231 Å². The van der Waals surface area contributed by atoms with E-state index in [1.807, 2.05) is 0 Å². The highest BCUT2D eigenvalue weighted by Gasteiger charge is 2.23. The second-order valence-electron chi connectivity index (χ2n) is 17.2. The number of para-hydroxylation sites is 2. The summed E-state index contributed by atoms with van der Waals surface area (Å²) in [5, 5.41) is 10.1. The van der Waals surface area contributed by atoms with Crippen molar-refractivity contribution >= 4 is 65.2 Å². The van der Waals surface area contributed by atoms with Crippen LogP contribution in [0, 0.1) is 0 Å². The van der Waals surface area contributed by atoms with Gasteiger partial charge in [-0.05, 0) is 120 Å². The van der Waals surface area contributed by atoms with E-state index in [9.17, 15) is 0 Å². The maximum absolute atomic E-state index is 2.51. The molecule has 0 saturated heterocycles. The summed E-state index contributed by atoms with van der Waals surface area (Å²) < 4.78 is 4.91. The van der Waals surface area contributed by atoms with Gasteiger partial charge in [-0.3, -0.25) is 0 Å². The molecule has 14 rings (SSSR count). The van der Waals surface area contributed by atoms with Crippen molar-refractivity contribution in [1.82, 2.24) is 9.13 Å². The number of fused-ring (bicyclic) bond motifs is 11. The molecule has 0 N–H and O–H groups in total. The van der Waals surface area contributed by atoms with Crippen LogP contribution in [0.4, 0.5) is 0 Å². The van der Waals surface area contributed by atoms with Gasteiger partial charge in [0.05, 0.1) is 22.1 Å². The minimum Gasteiger partial charge on any atom is -0.309 e. The number of hydrogen-bond acceptors (Lipinski definition) is 0. The third-order valence-corrected chi connectivity index (χ3v) is 13.8. The second kappa shape index (κ2) is 13.5. The van der Waals surface area contributed by atoms with E-state index in [-0.39, 0.29) is 0 Å². The highest BCUT2D eigenvalue weighted by Crippen LogP contribution is 2.49. The van der Waals surface area contributed by atoms with Gasteiger partial charge in [0.25, 0.3) is 0 Å². The molecule has 2 aromatic heterocycles. The first-order chi connectivity index (χ1) is 31.7. The quantitative estimate of drug-likeness (QED) is 0.164. The minimum absolute atomic E-state index is 1.14. The normalized spacial score (nSPS) is 12.1. The highest BCUT2D eigenvalue weighted by atomic mass is 15.0. The molecule has 2 nitrogen and oxygen atoms in total. The van der Waals surface area contributed by atoms with Gasteiger partial charge in [0.15, 0.2) is 0 Å². The summed E-state index contributed by atoms with van der Waals surface area (Å²) in [7, 11) is 0. The third kappa shape index (κ3) is 5.08.